The predicted molar refractivity (Wildman–Crippen MR) is 94.3 cm³/mol. The minimum absolute atomic E-state index is 0.0278. The molecule has 0 amide bonds. The predicted octanol–water partition coefficient (Wildman–Crippen LogP) is 0.536. The molecule has 0 spiro atoms. The average Bonchev–Trinajstić information content (AvgIpc) is 2.59. The van der Waals surface area contributed by atoms with Gasteiger partial charge in [0.2, 0.25) is 0 Å². The van der Waals surface area contributed by atoms with Crippen LogP contribution in [-0.4, -0.2) is 58.4 Å². The van der Waals surface area contributed by atoms with E-state index in [-0.39, 0.29) is 41.8 Å². The van der Waals surface area contributed by atoms with Crippen LogP contribution < -0.4 is 0 Å². The van der Waals surface area contributed by atoms with Gasteiger partial charge in [-0.3, -0.25) is 0 Å². The van der Waals surface area contributed by atoms with Crippen molar-refractivity contribution in [3.8, 4) is 0 Å². The third-order valence-corrected chi connectivity index (χ3v) is 7.11. The normalized spacial score (nSPS) is 50.4. The highest BCUT2D eigenvalue weighted by atomic mass is 16.6. The summed E-state index contributed by atoms with van der Waals surface area (Å²) in [6.07, 6.45) is 0.0278. The van der Waals surface area contributed by atoms with E-state index in [9.17, 15) is 15.0 Å². The highest BCUT2D eigenvalue weighted by Crippen LogP contribution is 2.57. The largest absolute Gasteiger partial charge is 0.456 e. The third-order valence-electron chi connectivity index (χ3n) is 7.11. The fraction of sp³-hybridized carbons (Fsp3) is 0.750. The van der Waals surface area contributed by atoms with E-state index in [1.54, 1.807) is 0 Å². The van der Waals surface area contributed by atoms with Crippen molar-refractivity contribution in [1.29, 1.82) is 0 Å². The number of carbonyl (C=O) groups excluding carboxylic acids is 1. The highest BCUT2D eigenvalue weighted by Gasteiger charge is 2.62. The Kier molecular flexibility index (Phi) is 4.50. The Morgan fingerprint density at radius 2 is 2.08 bits per heavy atom. The van der Waals surface area contributed by atoms with E-state index in [0.29, 0.717) is 25.0 Å². The smallest absolute Gasteiger partial charge is 0.387 e. The maximum absolute atomic E-state index is 12.2. The molecule has 4 N–H and O–H groups in total. The van der Waals surface area contributed by atoms with Crippen LogP contribution in [-0.2, 0) is 14.3 Å². The molecule has 0 radical (unpaired) electrons. The molecule has 0 bridgehead atoms. The van der Waals surface area contributed by atoms with Crippen molar-refractivity contribution in [3.05, 3.63) is 23.8 Å². The minimum Gasteiger partial charge on any atom is -0.456 e. The lowest BCUT2D eigenvalue weighted by Gasteiger charge is -2.58. The number of ether oxygens (including phenoxy) is 2. The lowest BCUT2D eigenvalue weighted by Crippen LogP contribution is -2.63. The van der Waals surface area contributed by atoms with Crippen LogP contribution >= 0.6 is 0 Å². The maximum atomic E-state index is 12.2. The molecule has 1 heterocycles. The Morgan fingerprint density at radius 1 is 1.35 bits per heavy atom. The molecule has 2 saturated carbocycles. The monoisotopic (exact) mass is 365 g/mol. The van der Waals surface area contributed by atoms with Gasteiger partial charge < -0.3 is 24.8 Å². The average molecular weight is 365 g/mol. The zero-order valence-electron chi connectivity index (χ0n) is 15.3. The molecule has 3 aliphatic carbocycles. The molecule has 4 aliphatic rings. The van der Waals surface area contributed by atoms with Crippen LogP contribution in [0.4, 0.5) is 0 Å². The molecule has 6 heteroatoms. The second-order valence-corrected chi connectivity index (χ2v) is 8.29. The summed E-state index contributed by atoms with van der Waals surface area (Å²) in [5.74, 6) is -0.710. The van der Waals surface area contributed by atoms with E-state index < -0.39 is 24.3 Å². The Hall–Kier alpha value is -1.21. The van der Waals surface area contributed by atoms with Gasteiger partial charge in [0, 0.05) is 12.5 Å². The molecule has 26 heavy (non-hydrogen) atoms. The van der Waals surface area contributed by atoms with E-state index in [1.807, 2.05) is 19.9 Å². The van der Waals surface area contributed by atoms with Crippen LogP contribution in [0.3, 0.4) is 0 Å². The number of aliphatic hydroxyl groups is 2. The molecule has 6 nitrogen and oxygen atoms in total. The van der Waals surface area contributed by atoms with E-state index in [1.165, 1.54) is 0 Å². The summed E-state index contributed by atoms with van der Waals surface area (Å²) < 4.78 is 11.6. The van der Waals surface area contributed by atoms with E-state index in [4.69, 9.17) is 14.6 Å². The molecule has 1 aliphatic heterocycles. The fourth-order valence-corrected chi connectivity index (χ4v) is 6.10. The Labute approximate surface area is 153 Å². The molecular weight excluding hydrogens is 336 g/mol. The molecular formula is C20H29O6+. The van der Waals surface area contributed by atoms with Gasteiger partial charge in [0.15, 0.2) is 0 Å². The fourth-order valence-electron chi connectivity index (χ4n) is 6.10. The van der Waals surface area contributed by atoms with Crippen LogP contribution in [0.25, 0.3) is 0 Å². The first kappa shape index (κ1) is 18.2. The third kappa shape index (κ3) is 2.50. The van der Waals surface area contributed by atoms with Crippen molar-refractivity contribution in [2.24, 2.45) is 29.6 Å². The van der Waals surface area contributed by atoms with Crippen LogP contribution in [0, 0.1) is 29.6 Å². The van der Waals surface area contributed by atoms with Crippen molar-refractivity contribution in [1.82, 2.24) is 0 Å². The summed E-state index contributed by atoms with van der Waals surface area (Å²) >= 11 is 0. The zero-order valence-corrected chi connectivity index (χ0v) is 15.3. The van der Waals surface area contributed by atoms with Gasteiger partial charge in [0.1, 0.15) is 6.10 Å². The van der Waals surface area contributed by atoms with Gasteiger partial charge >= 0.3 is 5.97 Å². The molecule has 0 aromatic heterocycles. The molecule has 10 atom stereocenters. The number of hydrogen-bond acceptors (Lipinski definition) is 5. The van der Waals surface area contributed by atoms with Gasteiger partial charge in [0.25, 0.3) is 6.10 Å². The summed E-state index contributed by atoms with van der Waals surface area (Å²) in [7, 11) is 0. The maximum Gasteiger partial charge on any atom is 0.387 e. The van der Waals surface area contributed by atoms with Crippen LogP contribution in [0.1, 0.15) is 26.7 Å². The number of fused-ring (bicyclic) bond motifs is 2. The summed E-state index contributed by atoms with van der Waals surface area (Å²) in [4.78, 5) is 12.2. The number of allylic oxidation sites excluding steroid dienone is 1. The van der Waals surface area contributed by atoms with Crippen molar-refractivity contribution in [2.75, 3.05) is 6.61 Å². The lowest BCUT2D eigenvalue weighted by atomic mass is 9.50. The summed E-state index contributed by atoms with van der Waals surface area (Å²) in [5.41, 5.74) is 1.68. The second-order valence-electron chi connectivity index (χ2n) is 8.29. The molecule has 144 valence electrons. The van der Waals surface area contributed by atoms with E-state index in [2.05, 4.69) is 6.58 Å². The Bertz CT molecular complexity index is 642. The summed E-state index contributed by atoms with van der Waals surface area (Å²) in [6.45, 7) is 8.45. The van der Waals surface area contributed by atoms with Gasteiger partial charge in [-0.15, -0.1) is 0 Å². The number of esters is 1. The number of carbonyl (C=O) groups is 1. The Balaban J connectivity index is 1.78. The zero-order chi connectivity index (χ0) is 18.7. The molecule has 0 aromatic carbocycles. The quantitative estimate of drug-likeness (QED) is 0.423. The summed E-state index contributed by atoms with van der Waals surface area (Å²) in [5, 5.41) is 29.5. The van der Waals surface area contributed by atoms with Gasteiger partial charge in [-0.05, 0) is 50.0 Å². The van der Waals surface area contributed by atoms with E-state index in [0.717, 1.165) is 5.57 Å². The van der Waals surface area contributed by atoms with Gasteiger partial charge in [0.05, 0.1) is 24.2 Å². The van der Waals surface area contributed by atoms with Gasteiger partial charge in [-0.1, -0.05) is 18.2 Å². The number of rotatable bonds is 2. The second kappa shape index (κ2) is 6.44. The molecule has 3 fully saturated rings. The van der Waals surface area contributed by atoms with Gasteiger partial charge in [-0.2, -0.15) is 0 Å². The number of hydrogen-bond donors (Lipinski definition) is 2. The van der Waals surface area contributed by atoms with Gasteiger partial charge in [-0.25, -0.2) is 4.79 Å². The highest BCUT2D eigenvalue weighted by molar-refractivity contribution is 5.76. The molecule has 10 unspecified atom stereocenters. The SMILES string of the molecule is C=C1C(O)CC2C3C(CC4OC(=O)C([OH2+])C1C42)C(C)=CC(O)C3OCC. The standard InChI is InChI=1S/C20H28O6/c1-4-25-19-13(22)5-8(2)10-7-14-17-11(16(10)19)6-12(21)9(3)15(17)18(23)20(24)26-14/h5,10-19,21-23H,3-4,6-7H2,1-2H3/p+1. The van der Waals surface area contributed by atoms with Crippen LogP contribution in [0.15, 0.2) is 23.8 Å². The molecule has 1 saturated heterocycles. The van der Waals surface area contributed by atoms with Crippen molar-refractivity contribution < 1.29 is 29.6 Å². The first-order chi connectivity index (χ1) is 12.3. The van der Waals surface area contributed by atoms with Crippen molar-refractivity contribution in [2.45, 2.75) is 57.2 Å². The first-order valence-corrected chi connectivity index (χ1v) is 9.61. The van der Waals surface area contributed by atoms with Crippen LogP contribution in [0.5, 0.6) is 0 Å². The molecule has 0 aromatic rings. The minimum atomic E-state index is -1.03. The topological polar surface area (TPSA) is 98.9 Å². The number of aliphatic hydroxyl groups excluding tert-OH is 2. The summed E-state index contributed by atoms with van der Waals surface area (Å²) in [6, 6.07) is 0. The van der Waals surface area contributed by atoms with Crippen molar-refractivity contribution in [3.63, 3.8) is 0 Å². The first-order valence-electron chi connectivity index (χ1n) is 9.61. The van der Waals surface area contributed by atoms with E-state index >= 15 is 0 Å². The van der Waals surface area contributed by atoms with Crippen LogP contribution in [0.2, 0.25) is 0 Å². The Morgan fingerprint density at radius 3 is 2.77 bits per heavy atom. The lowest BCUT2D eigenvalue weighted by molar-refractivity contribution is -0.211. The van der Waals surface area contributed by atoms with Crippen molar-refractivity contribution >= 4 is 5.97 Å². The molecule has 4 rings (SSSR count).